The molecule has 2 aromatic heterocycles. The van der Waals surface area contributed by atoms with Gasteiger partial charge in [0.25, 0.3) is 0 Å². The van der Waals surface area contributed by atoms with E-state index in [0.29, 0.717) is 10.7 Å². The van der Waals surface area contributed by atoms with Crippen molar-refractivity contribution in [1.29, 1.82) is 5.26 Å². The number of halogens is 1. The van der Waals surface area contributed by atoms with Crippen LogP contribution in [0.4, 0.5) is 0 Å². The van der Waals surface area contributed by atoms with Crippen LogP contribution in [-0.2, 0) is 0 Å². The van der Waals surface area contributed by atoms with Crippen molar-refractivity contribution in [2.75, 3.05) is 0 Å². The zero-order valence-electron chi connectivity index (χ0n) is 5.90. The molecule has 0 bridgehead atoms. The molecule has 0 aliphatic heterocycles. The molecule has 0 saturated carbocycles. The van der Waals surface area contributed by atoms with Gasteiger partial charge < -0.3 is 0 Å². The van der Waals surface area contributed by atoms with E-state index < -0.39 is 0 Å². The van der Waals surface area contributed by atoms with Gasteiger partial charge in [-0.1, -0.05) is 11.6 Å². The van der Waals surface area contributed by atoms with E-state index in [4.69, 9.17) is 16.9 Å². The number of aromatic nitrogens is 3. The highest BCUT2D eigenvalue weighted by molar-refractivity contribution is 6.32. The Bertz CT molecular complexity index is 468. The minimum Gasteiger partial charge on any atom is -0.288 e. The van der Waals surface area contributed by atoms with Crippen molar-refractivity contribution >= 4 is 17.1 Å². The third kappa shape index (κ3) is 0.840. The molecule has 0 radical (unpaired) electrons. The van der Waals surface area contributed by atoms with E-state index >= 15 is 0 Å². The first-order chi connectivity index (χ1) is 5.83. The maximum atomic E-state index is 8.63. The third-order valence-corrected chi connectivity index (χ3v) is 1.79. The van der Waals surface area contributed by atoms with Crippen molar-refractivity contribution in [2.45, 2.75) is 0 Å². The van der Waals surface area contributed by atoms with E-state index in [9.17, 15) is 0 Å². The molecule has 2 rings (SSSR count). The number of nitriles is 1. The Balaban J connectivity index is 2.94. The van der Waals surface area contributed by atoms with Crippen molar-refractivity contribution in [1.82, 2.24) is 14.6 Å². The van der Waals surface area contributed by atoms with Crippen molar-refractivity contribution in [3.05, 3.63) is 29.3 Å². The van der Waals surface area contributed by atoms with Crippen LogP contribution in [0.25, 0.3) is 5.52 Å². The molecule has 4 nitrogen and oxygen atoms in total. The lowest BCUT2D eigenvalue weighted by atomic mass is 10.5. The zero-order valence-corrected chi connectivity index (χ0v) is 6.65. The molecule has 0 N–H and O–H groups in total. The predicted octanol–water partition coefficient (Wildman–Crippen LogP) is 1.25. The highest BCUT2D eigenvalue weighted by Crippen LogP contribution is 2.14. The molecule has 0 aliphatic carbocycles. The monoisotopic (exact) mass is 178 g/mol. The fourth-order valence-electron chi connectivity index (χ4n) is 1.00. The maximum absolute atomic E-state index is 8.63. The van der Waals surface area contributed by atoms with Crippen LogP contribution < -0.4 is 0 Å². The van der Waals surface area contributed by atoms with Gasteiger partial charge in [-0.15, -0.1) is 10.2 Å². The van der Waals surface area contributed by atoms with Crippen LogP contribution in [0.2, 0.25) is 5.15 Å². The first-order valence-electron chi connectivity index (χ1n) is 3.22. The zero-order chi connectivity index (χ0) is 8.55. The molecule has 0 unspecified atom stereocenters. The Morgan fingerprint density at radius 2 is 2.33 bits per heavy atom. The van der Waals surface area contributed by atoms with E-state index in [-0.39, 0.29) is 5.82 Å². The summed E-state index contributed by atoms with van der Waals surface area (Å²) in [7, 11) is 0. The molecule has 12 heavy (non-hydrogen) atoms. The van der Waals surface area contributed by atoms with E-state index in [1.807, 2.05) is 6.07 Å². The van der Waals surface area contributed by atoms with Crippen molar-refractivity contribution in [3.8, 4) is 6.07 Å². The van der Waals surface area contributed by atoms with E-state index in [0.717, 1.165) is 0 Å². The van der Waals surface area contributed by atoms with Gasteiger partial charge in [0.2, 0.25) is 5.82 Å². The van der Waals surface area contributed by atoms with Crippen LogP contribution in [0.3, 0.4) is 0 Å². The quantitative estimate of drug-likeness (QED) is 0.610. The van der Waals surface area contributed by atoms with Gasteiger partial charge in [0.05, 0.1) is 5.52 Å². The van der Waals surface area contributed by atoms with Crippen molar-refractivity contribution in [3.63, 3.8) is 0 Å². The molecule has 58 valence electrons. The second kappa shape index (κ2) is 2.47. The normalized spacial score (nSPS) is 10.0. The van der Waals surface area contributed by atoms with E-state index in [1.165, 1.54) is 0 Å². The first-order valence-corrected chi connectivity index (χ1v) is 3.60. The molecule has 5 heteroatoms. The summed E-state index contributed by atoms with van der Waals surface area (Å²) in [5.74, 6) is 0.236. The van der Waals surface area contributed by atoms with Gasteiger partial charge in [0, 0.05) is 6.20 Å². The van der Waals surface area contributed by atoms with Crippen LogP contribution in [0, 0.1) is 11.3 Å². The minimum atomic E-state index is 0.236. The SMILES string of the molecule is N#Cc1nnc(Cl)c2cccn12. The maximum Gasteiger partial charge on any atom is 0.238 e. The van der Waals surface area contributed by atoms with Crippen LogP contribution >= 0.6 is 11.6 Å². The van der Waals surface area contributed by atoms with Gasteiger partial charge in [0.15, 0.2) is 5.15 Å². The lowest BCUT2D eigenvalue weighted by Gasteiger charge is -1.96. The second-order valence-corrected chi connectivity index (χ2v) is 2.55. The largest absolute Gasteiger partial charge is 0.288 e. The average Bonchev–Trinajstić information content (AvgIpc) is 2.54. The molecule has 0 fully saturated rings. The van der Waals surface area contributed by atoms with Gasteiger partial charge in [-0.05, 0) is 12.1 Å². The highest BCUT2D eigenvalue weighted by atomic mass is 35.5. The van der Waals surface area contributed by atoms with Gasteiger partial charge in [-0.3, -0.25) is 4.40 Å². The smallest absolute Gasteiger partial charge is 0.238 e. The Hall–Kier alpha value is -1.60. The molecule has 2 aromatic rings. The van der Waals surface area contributed by atoms with E-state index in [1.54, 1.807) is 22.7 Å². The lowest BCUT2D eigenvalue weighted by molar-refractivity contribution is 0.921. The predicted molar refractivity (Wildman–Crippen MR) is 42.7 cm³/mol. The van der Waals surface area contributed by atoms with Gasteiger partial charge >= 0.3 is 0 Å². The molecule has 2 heterocycles. The van der Waals surface area contributed by atoms with Gasteiger partial charge in [-0.25, -0.2) is 0 Å². The number of rotatable bonds is 0. The molecule has 0 saturated heterocycles. The molecule has 0 amide bonds. The summed E-state index contributed by atoms with van der Waals surface area (Å²) in [4.78, 5) is 0. The summed E-state index contributed by atoms with van der Waals surface area (Å²) < 4.78 is 1.59. The Labute approximate surface area is 73.0 Å². The average molecular weight is 179 g/mol. The summed E-state index contributed by atoms with van der Waals surface area (Å²) in [6.07, 6.45) is 1.72. The standard InChI is InChI=1S/C7H3ClN4/c8-7-5-2-1-3-12(5)6(4-9)10-11-7/h1-3H. The fourth-order valence-corrected chi connectivity index (χ4v) is 1.19. The number of fused-ring (bicyclic) bond motifs is 1. The second-order valence-electron chi connectivity index (χ2n) is 2.19. The minimum absolute atomic E-state index is 0.236. The number of nitrogens with zero attached hydrogens (tertiary/aromatic N) is 4. The molecule has 0 atom stereocenters. The Morgan fingerprint density at radius 1 is 1.50 bits per heavy atom. The Kier molecular flexibility index (Phi) is 1.45. The van der Waals surface area contributed by atoms with Gasteiger partial charge in [0.1, 0.15) is 6.07 Å². The van der Waals surface area contributed by atoms with Gasteiger partial charge in [-0.2, -0.15) is 5.26 Å². The Morgan fingerprint density at radius 3 is 3.08 bits per heavy atom. The summed E-state index contributed by atoms with van der Waals surface area (Å²) in [6, 6.07) is 5.47. The van der Waals surface area contributed by atoms with Crippen LogP contribution in [0.15, 0.2) is 18.3 Å². The summed E-state index contributed by atoms with van der Waals surface area (Å²) in [5, 5.41) is 16.2. The van der Waals surface area contributed by atoms with Crippen LogP contribution in [0.1, 0.15) is 5.82 Å². The molecule has 0 aromatic carbocycles. The molecule has 0 spiro atoms. The topological polar surface area (TPSA) is 54.0 Å². The molecular formula is C7H3ClN4. The van der Waals surface area contributed by atoms with Crippen LogP contribution in [0.5, 0.6) is 0 Å². The summed E-state index contributed by atoms with van der Waals surface area (Å²) >= 11 is 5.72. The molecular weight excluding hydrogens is 176 g/mol. The van der Waals surface area contributed by atoms with Crippen molar-refractivity contribution < 1.29 is 0 Å². The lowest BCUT2D eigenvalue weighted by Crippen LogP contribution is -1.97. The highest BCUT2D eigenvalue weighted by Gasteiger charge is 2.04. The fraction of sp³-hybridized carbons (Fsp3) is 0. The summed E-state index contributed by atoms with van der Waals surface area (Å²) in [5.41, 5.74) is 0.697. The first kappa shape index (κ1) is 7.07. The number of hydrogen-bond acceptors (Lipinski definition) is 3. The molecule has 0 aliphatic rings. The van der Waals surface area contributed by atoms with Crippen molar-refractivity contribution in [2.24, 2.45) is 0 Å². The summed E-state index contributed by atoms with van der Waals surface area (Å²) in [6.45, 7) is 0. The third-order valence-electron chi connectivity index (χ3n) is 1.52. The number of hydrogen-bond donors (Lipinski definition) is 0. The van der Waals surface area contributed by atoms with E-state index in [2.05, 4.69) is 10.2 Å². The van der Waals surface area contributed by atoms with Crippen LogP contribution in [-0.4, -0.2) is 14.6 Å².